The fraction of sp³-hybridized carbons (Fsp3) is 0.979. The third-order valence-electron chi connectivity index (χ3n) is 18.1. The Morgan fingerprint density at radius 2 is 1.08 bits per heavy atom. The molecule has 374 valence electrons. The van der Waals surface area contributed by atoms with Crippen LogP contribution in [0.5, 0.6) is 0 Å². The van der Waals surface area contributed by atoms with Crippen molar-refractivity contribution in [2.24, 2.45) is 34.5 Å². The average Bonchev–Trinajstić information content (AvgIpc) is 3.42. The van der Waals surface area contributed by atoms with Gasteiger partial charge in [-0.05, 0) is 103 Å². The molecular formula is C48H80O17. The Morgan fingerprint density at radius 1 is 0.569 bits per heavy atom. The van der Waals surface area contributed by atoms with Crippen molar-refractivity contribution in [3.63, 3.8) is 0 Å². The summed E-state index contributed by atoms with van der Waals surface area (Å²) in [4.78, 5) is 12.7. The minimum atomic E-state index is -1.52. The minimum absolute atomic E-state index is 0.0218. The zero-order valence-electron chi connectivity index (χ0n) is 40.2. The quantitative estimate of drug-likeness (QED) is 0.178. The molecule has 0 aromatic rings. The molecular weight excluding hydrogens is 849 g/mol. The summed E-state index contributed by atoms with van der Waals surface area (Å²) in [5, 5.41) is 56.7. The predicted octanol–water partition coefficient (Wildman–Crippen LogP) is 3.14. The van der Waals surface area contributed by atoms with E-state index in [4.69, 9.17) is 52.1 Å². The Kier molecular flexibility index (Phi) is 15.3. The number of hydrogen-bond donors (Lipinski definition) is 5. The molecule has 8 fully saturated rings. The van der Waals surface area contributed by atoms with Crippen LogP contribution in [0.2, 0.25) is 0 Å². The highest BCUT2D eigenvalue weighted by molar-refractivity contribution is 5.81. The number of rotatable bonds is 12. The molecule has 0 bridgehead atoms. The first-order valence-corrected chi connectivity index (χ1v) is 24.5. The van der Waals surface area contributed by atoms with Crippen molar-refractivity contribution in [2.45, 2.75) is 241 Å². The van der Waals surface area contributed by atoms with E-state index in [0.717, 1.165) is 38.5 Å². The van der Waals surface area contributed by atoms with Crippen LogP contribution < -0.4 is 0 Å². The van der Waals surface area contributed by atoms with Crippen molar-refractivity contribution in [1.29, 1.82) is 0 Å². The Bertz CT molecular complexity index is 1610. The Hall–Kier alpha value is -0.970. The smallest absolute Gasteiger partial charge is 0.161 e. The van der Waals surface area contributed by atoms with Crippen LogP contribution in [0.25, 0.3) is 0 Å². The van der Waals surface area contributed by atoms with Gasteiger partial charge in [0.05, 0.1) is 67.0 Å². The van der Waals surface area contributed by atoms with Crippen molar-refractivity contribution in [3.05, 3.63) is 0 Å². The maximum atomic E-state index is 12.7. The summed E-state index contributed by atoms with van der Waals surface area (Å²) in [6.07, 6.45) is -4.55. The normalized spacial score (nSPS) is 54.9. The van der Waals surface area contributed by atoms with Gasteiger partial charge in [0, 0.05) is 52.4 Å². The number of carbonyl (C=O) groups excluding carboxylic acids is 1. The molecule has 0 aromatic heterocycles. The highest BCUT2D eigenvalue weighted by Gasteiger charge is 2.74. The summed E-state index contributed by atoms with van der Waals surface area (Å²) in [6.45, 7) is 13.2. The molecule has 8 aliphatic rings. The summed E-state index contributed by atoms with van der Waals surface area (Å²) in [5.41, 5.74) is -2.47. The van der Waals surface area contributed by atoms with E-state index in [1.165, 1.54) is 6.92 Å². The molecule has 65 heavy (non-hydrogen) atoms. The van der Waals surface area contributed by atoms with Crippen LogP contribution in [-0.4, -0.2) is 175 Å². The monoisotopic (exact) mass is 929 g/mol. The molecule has 0 spiro atoms. The van der Waals surface area contributed by atoms with E-state index in [9.17, 15) is 30.3 Å². The molecule has 0 amide bonds. The number of fused-ring (bicyclic) bond motifs is 5. The lowest BCUT2D eigenvalue weighted by Gasteiger charge is -2.63. The maximum Gasteiger partial charge on any atom is 0.161 e. The van der Waals surface area contributed by atoms with E-state index >= 15 is 0 Å². The topological polar surface area (TPSA) is 220 Å². The van der Waals surface area contributed by atoms with Crippen molar-refractivity contribution in [1.82, 2.24) is 0 Å². The third kappa shape index (κ3) is 9.05. The zero-order chi connectivity index (χ0) is 46.9. The maximum absolute atomic E-state index is 12.7. The van der Waals surface area contributed by atoms with Crippen molar-refractivity contribution in [2.75, 3.05) is 21.3 Å². The van der Waals surface area contributed by atoms with E-state index in [2.05, 4.69) is 6.92 Å². The molecule has 4 saturated heterocycles. The first-order chi connectivity index (χ1) is 30.8. The second kappa shape index (κ2) is 19.7. The van der Waals surface area contributed by atoms with Crippen LogP contribution in [0, 0.1) is 34.5 Å². The molecule has 26 atom stereocenters. The number of ketones is 1. The number of Topliss-reactive ketones (excluding diaryl/α,β-unsaturated/α-hetero) is 1. The third-order valence-corrected chi connectivity index (χ3v) is 18.1. The van der Waals surface area contributed by atoms with Crippen molar-refractivity contribution < 1.29 is 82.4 Å². The zero-order valence-corrected chi connectivity index (χ0v) is 40.2. The van der Waals surface area contributed by atoms with Gasteiger partial charge >= 0.3 is 0 Å². The lowest BCUT2D eigenvalue weighted by molar-refractivity contribution is -0.346. The van der Waals surface area contributed by atoms with Gasteiger partial charge < -0.3 is 77.6 Å². The molecule has 4 aliphatic carbocycles. The molecule has 8 rings (SSSR count). The molecule has 17 nitrogen and oxygen atoms in total. The van der Waals surface area contributed by atoms with E-state index in [-0.39, 0.29) is 47.8 Å². The van der Waals surface area contributed by atoms with Crippen LogP contribution >= 0.6 is 0 Å². The summed E-state index contributed by atoms with van der Waals surface area (Å²) in [5.74, 6) is -0.640. The average molecular weight is 929 g/mol. The lowest BCUT2D eigenvalue weighted by Crippen LogP contribution is -2.66. The summed E-state index contributed by atoms with van der Waals surface area (Å²) < 4.78 is 68.3. The van der Waals surface area contributed by atoms with Gasteiger partial charge in [-0.15, -0.1) is 0 Å². The number of aliphatic hydroxyl groups excluding tert-OH is 4. The summed E-state index contributed by atoms with van der Waals surface area (Å²) >= 11 is 0. The highest BCUT2D eigenvalue weighted by atomic mass is 16.8. The van der Waals surface area contributed by atoms with Gasteiger partial charge in [0.2, 0.25) is 0 Å². The number of aliphatic hydroxyl groups is 5. The van der Waals surface area contributed by atoms with Gasteiger partial charge in [-0.25, -0.2) is 0 Å². The summed E-state index contributed by atoms with van der Waals surface area (Å²) in [6, 6.07) is 0. The molecule has 4 aliphatic heterocycles. The first-order valence-electron chi connectivity index (χ1n) is 24.5. The number of ether oxygens (including phenoxy) is 11. The Balaban J connectivity index is 0.815. The molecule has 17 heteroatoms. The fourth-order valence-electron chi connectivity index (χ4n) is 14.5. The molecule has 0 aromatic carbocycles. The molecule has 0 unspecified atom stereocenters. The van der Waals surface area contributed by atoms with Crippen LogP contribution in [0.15, 0.2) is 0 Å². The Morgan fingerprint density at radius 3 is 1.63 bits per heavy atom. The van der Waals surface area contributed by atoms with Crippen LogP contribution in [0.3, 0.4) is 0 Å². The van der Waals surface area contributed by atoms with Gasteiger partial charge in [0.25, 0.3) is 0 Å². The molecule has 4 heterocycles. The van der Waals surface area contributed by atoms with E-state index in [1.54, 1.807) is 28.3 Å². The second-order valence-corrected chi connectivity index (χ2v) is 21.5. The van der Waals surface area contributed by atoms with E-state index in [1.807, 2.05) is 27.7 Å². The van der Waals surface area contributed by atoms with Gasteiger partial charge in [-0.1, -0.05) is 13.8 Å². The molecule has 4 saturated carbocycles. The van der Waals surface area contributed by atoms with E-state index in [0.29, 0.717) is 31.6 Å². The lowest BCUT2D eigenvalue weighted by atomic mass is 9.43. The number of hydrogen-bond acceptors (Lipinski definition) is 17. The molecule has 5 N–H and O–H groups in total. The van der Waals surface area contributed by atoms with Gasteiger partial charge in [-0.2, -0.15) is 0 Å². The first kappa shape index (κ1) is 50.4. The van der Waals surface area contributed by atoms with Gasteiger partial charge in [0.15, 0.2) is 25.2 Å². The fourth-order valence-corrected chi connectivity index (χ4v) is 14.5. The van der Waals surface area contributed by atoms with E-state index < -0.39 is 115 Å². The standard InChI is InChI=1S/C48H80O17/c1-22(49)39-41(52)45(53)48(54)30-12-11-27-17-28(13-15-46(27,6)29(30)14-16-47(39,48)7)62-36-20-33(56-9)43(25(4)60-36)64-35-18-31(50)42(24(3)59-35)63-38-21-34(57-10)44(26(5)61-38)65-37-19-32(55-8)40(51)23(2)58-37/h23-45,50-54H,11-21H2,1-10H3/t23-,24-,25-,26-,27+,28+,29+,30-,31+,32-,33-,34-,35+,36+,37+,38+,39+,40-,41+,42-,43-,44-,45-,46+,47-,48-/m1/s1. The predicted molar refractivity (Wildman–Crippen MR) is 230 cm³/mol. The van der Waals surface area contributed by atoms with Crippen LogP contribution in [0.1, 0.15) is 119 Å². The second-order valence-electron chi connectivity index (χ2n) is 21.5. The summed E-state index contributed by atoms with van der Waals surface area (Å²) in [7, 11) is 4.83. The number of carbonyl (C=O) groups is 1. The highest BCUT2D eigenvalue weighted by Crippen LogP contribution is 2.69. The SMILES string of the molecule is CO[C@@H]1C[C@H](O[C@@H]2[C@@H](C)O[C@@H](O[C@H]3[C@@H](O)C[C@H](O[C@@H]4[C@@H](C)O[C@@H](O[C@H]5CC[C@@]6(C)[C@@H](CC[C@@H]7[C@@H]6CC[C@]6(C)[C@@H](C(C)=O)[C@H](O)[C@@H](O)[C@]76O)C5)C[C@H]4OC)O[C@@H]3C)C[C@H]2OC)O[C@H](C)[C@H]1O. The number of methoxy groups -OCH3 is 3. The Labute approximate surface area is 384 Å². The largest absolute Gasteiger partial charge is 0.390 e. The van der Waals surface area contributed by atoms with Gasteiger partial charge in [0.1, 0.15) is 41.9 Å². The van der Waals surface area contributed by atoms with Crippen LogP contribution in [-0.2, 0) is 56.9 Å². The van der Waals surface area contributed by atoms with Crippen molar-refractivity contribution in [3.8, 4) is 0 Å². The van der Waals surface area contributed by atoms with Crippen LogP contribution in [0.4, 0.5) is 0 Å². The van der Waals surface area contributed by atoms with Gasteiger partial charge in [-0.3, -0.25) is 4.79 Å². The molecule has 0 radical (unpaired) electrons. The van der Waals surface area contributed by atoms with Crippen molar-refractivity contribution >= 4 is 5.78 Å². The minimum Gasteiger partial charge on any atom is -0.390 e.